The fourth-order valence-electron chi connectivity index (χ4n) is 1.65. The van der Waals surface area contributed by atoms with Gasteiger partial charge in [0.1, 0.15) is 5.75 Å². The van der Waals surface area contributed by atoms with Crippen LogP contribution in [0.4, 0.5) is 0 Å². The molecule has 2 rings (SSSR count). The smallest absolute Gasteiger partial charge is 0.351 e. The highest BCUT2D eigenvalue weighted by Gasteiger charge is 2.37. The van der Waals surface area contributed by atoms with Crippen molar-refractivity contribution < 1.29 is 13.9 Å². The molecule has 0 N–H and O–H groups in total. The lowest BCUT2D eigenvalue weighted by Gasteiger charge is -2.40. The minimum absolute atomic E-state index is 0.224. The van der Waals surface area contributed by atoms with E-state index in [0.29, 0.717) is 6.61 Å². The van der Waals surface area contributed by atoms with Crippen LogP contribution in [-0.4, -0.2) is 26.6 Å². The standard InChI is InChI=1S/C13H17O3/c1-3-13(8-15-9-13)10-16-12-6-4-11(14-2)5-7-12/h4-7H,2-3,8-10H2,1H3/q+1. The fraction of sp³-hybridized carbons (Fsp3) is 0.462. The van der Waals surface area contributed by atoms with Crippen LogP contribution in [-0.2, 0) is 9.16 Å². The van der Waals surface area contributed by atoms with Crippen LogP contribution in [0.3, 0.4) is 0 Å². The predicted octanol–water partition coefficient (Wildman–Crippen LogP) is 2.57. The Morgan fingerprint density at radius 3 is 2.50 bits per heavy atom. The van der Waals surface area contributed by atoms with Crippen molar-refractivity contribution >= 4 is 6.79 Å². The maximum atomic E-state index is 5.75. The molecule has 1 aliphatic heterocycles. The maximum absolute atomic E-state index is 5.75. The summed E-state index contributed by atoms with van der Waals surface area (Å²) in [6.45, 7) is 7.86. The summed E-state index contributed by atoms with van der Waals surface area (Å²) < 4.78 is 15.8. The van der Waals surface area contributed by atoms with Gasteiger partial charge in [0.2, 0.25) is 0 Å². The molecule has 1 aliphatic rings. The van der Waals surface area contributed by atoms with E-state index in [-0.39, 0.29) is 5.41 Å². The molecule has 16 heavy (non-hydrogen) atoms. The van der Waals surface area contributed by atoms with Crippen molar-refractivity contribution in [1.29, 1.82) is 0 Å². The summed E-state index contributed by atoms with van der Waals surface area (Å²) >= 11 is 0. The van der Waals surface area contributed by atoms with Crippen molar-refractivity contribution in [3.05, 3.63) is 24.3 Å². The van der Waals surface area contributed by atoms with Gasteiger partial charge in [-0.3, -0.25) is 0 Å². The highest BCUT2D eigenvalue weighted by Crippen LogP contribution is 2.32. The number of carbonyl (C=O) groups excluding carboxylic acids is 1. The molecule has 3 heteroatoms. The van der Waals surface area contributed by atoms with Crippen LogP contribution in [0.5, 0.6) is 11.5 Å². The first-order valence-electron chi connectivity index (χ1n) is 5.51. The van der Waals surface area contributed by atoms with Crippen LogP contribution in [0, 0.1) is 5.41 Å². The largest absolute Gasteiger partial charge is 0.493 e. The molecule has 1 saturated heterocycles. The Hall–Kier alpha value is -1.35. The zero-order valence-corrected chi connectivity index (χ0v) is 9.57. The molecule has 0 radical (unpaired) electrons. The molecule has 0 spiro atoms. The van der Waals surface area contributed by atoms with Crippen molar-refractivity contribution in [3.63, 3.8) is 0 Å². The zero-order chi connectivity index (χ0) is 11.4. The van der Waals surface area contributed by atoms with E-state index in [1.165, 1.54) is 0 Å². The third-order valence-corrected chi connectivity index (χ3v) is 3.10. The summed E-state index contributed by atoms with van der Waals surface area (Å²) in [6, 6.07) is 7.48. The Bertz CT molecular complexity index is 346. The van der Waals surface area contributed by atoms with E-state index in [9.17, 15) is 0 Å². The number of hydrogen-bond donors (Lipinski definition) is 0. The monoisotopic (exact) mass is 221 g/mol. The van der Waals surface area contributed by atoms with Gasteiger partial charge in [0.15, 0.2) is 0 Å². The fourth-order valence-corrected chi connectivity index (χ4v) is 1.65. The number of ether oxygens (including phenoxy) is 2. The van der Waals surface area contributed by atoms with E-state index in [4.69, 9.17) is 13.9 Å². The minimum Gasteiger partial charge on any atom is -0.493 e. The average molecular weight is 221 g/mol. The van der Waals surface area contributed by atoms with Crippen LogP contribution in [0.25, 0.3) is 0 Å². The zero-order valence-electron chi connectivity index (χ0n) is 9.57. The van der Waals surface area contributed by atoms with Crippen molar-refractivity contribution in [2.45, 2.75) is 13.3 Å². The van der Waals surface area contributed by atoms with Gasteiger partial charge in [0.25, 0.3) is 6.79 Å². The summed E-state index contributed by atoms with van der Waals surface area (Å²) in [6.07, 6.45) is 1.09. The Kier molecular flexibility index (Phi) is 3.25. The van der Waals surface area contributed by atoms with Gasteiger partial charge in [-0.25, -0.2) is 4.42 Å². The topological polar surface area (TPSA) is 29.8 Å². The molecule has 86 valence electrons. The number of benzene rings is 1. The quantitative estimate of drug-likeness (QED) is 0.715. The Morgan fingerprint density at radius 1 is 1.38 bits per heavy atom. The van der Waals surface area contributed by atoms with Crippen LogP contribution >= 0.6 is 0 Å². The highest BCUT2D eigenvalue weighted by atomic mass is 16.5. The van der Waals surface area contributed by atoms with Crippen LogP contribution < -0.4 is 4.74 Å². The minimum atomic E-state index is 0.224. The molecular formula is C13H17O3+. The molecule has 1 heterocycles. The second-order valence-corrected chi connectivity index (χ2v) is 4.25. The lowest BCUT2D eigenvalue weighted by molar-refractivity contribution is -0.354. The van der Waals surface area contributed by atoms with Gasteiger partial charge in [-0.2, -0.15) is 0 Å². The van der Waals surface area contributed by atoms with Gasteiger partial charge < -0.3 is 9.47 Å². The van der Waals surface area contributed by atoms with Crippen LogP contribution in [0.2, 0.25) is 0 Å². The lowest BCUT2D eigenvalue weighted by atomic mass is 9.84. The van der Waals surface area contributed by atoms with Gasteiger partial charge in [0, 0.05) is 12.1 Å². The molecule has 0 unspecified atom stereocenters. The first-order chi connectivity index (χ1) is 7.78. The normalized spacial score (nSPS) is 17.6. The van der Waals surface area contributed by atoms with Crippen LogP contribution in [0.1, 0.15) is 13.3 Å². The number of hydrogen-bond acceptors (Lipinski definition) is 2. The summed E-state index contributed by atoms with van der Waals surface area (Å²) in [5.41, 5.74) is 0.224. The molecule has 0 aliphatic carbocycles. The SMILES string of the molecule is C=[O+]c1ccc(OCC2(CC)COC2)cc1. The Balaban J connectivity index is 1.91. The summed E-state index contributed by atoms with van der Waals surface area (Å²) in [7, 11) is 0. The molecule has 0 bridgehead atoms. The second-order valence-electron chi connectivity index (χ2n) is 4.25. The van der Waals surface area contributed by atoms with Gasteiger partial charge in [-0.05, 0) is 18.6 Å². The average Bonchev–Trinajstić information content (AvgIpc) is 2.29. The van der Waals surface area contributed by atoms with Crippen molar-refractivity contribution in [2.75, 3.05) is 19.8 Å². The summed E-state index contributed by atoms with van der Waals surface area (Å²) in [5, 5.41) is 0. The van der Waals surface area contributed by atoms with Crippen LogP contribution in [0.15, 0.2) is 24.3 Å². The van der Waals surface area contributed by atoms with Gasteiger partial charge in [0.05, 0.1) is 25.2 Å². The third kappa shape index (κ3) is 2.25. The van der Waals surface area contributed by atoms with Crippen molar-refractivity contribution in [3.8, 4) is 11.5 Å². The predicted molar refractivity (Wildman–Crippen MR) is 62.0 cm³/mol. The molecule has 0 amide bonds. The summed E-state index contributed by atoms with van der Waals surface area (Å²) in [4.78, 5) is 0. The van der Waals surface area contributed by atoms with E-state index in [1.54, 1.807) is 0 Å². The van der Waals surface area contributed by atoms with E-state index < -0.39 is 0 Å². The molecule has 1 aromatic rings. The maximum Gasteiger partial charge on any atom is 0.351 e. The molecule has 3 nitrogen and oxygen atoms in total. The van der Waals surface area contributed by atoms with E-state index >= 15 is 0 Å². The van der Waals surface area contributed by atoms with E-state index in [2.05, 4.69) is 13.7 Å². The van der Waals surface area contributed by atoms with Crippen molar-refractivity contribution in [1.82, 2.24) is 0 Å². The Morgan fingerprint density at radius 2 is 2.06 bits per heavy atom. The lowest BCUT2D eigenvalue weighted by Crippen LogP contribution is -2.46. The number of rotatable bonds is 5. The van der Waals surface area contributed by atoms with E-state index in [1.807, 2.05) is 24.3 Å². The molecule has 1 aromatic carbocycles. The first kappa shape index (κ1) is 11.1. The van der Waals surface area contributed by atoms with Gasteiger partial charge in [-0.1, -0.05) is 6.92 Å². The molecule has 0 atom stereocenters. The van der Waals surface area contributed by atoms with Crippen molar-refractivity contribution in [2.24, 2.45) is 5.41 Å². The molecule has 1 fully saturated rings. The summed E-state index contributed by atoms with van der Waals surface area (Å²) in [5.74, 6) is 1.60. The second kappa shape index (κ2) is 4.66. The van der Waals surface area contributed by atoms with E-state index in [0.717, 1.165) is 31.1 Å². The molecule has 0 saturated carbocycles. The Labute approximate surface area is 95.7 Å². The highest BCUT2D eigenvalue weighted by molar-refractivity contribution is 5.31. The third-order valence-electron chi connectivity index (χ3n) is 3.10. The van der Waals surface area contributed by atoms with Gasteiger partial charge in [-0.15, -0.1) is 0 Å². The van der Waals surface area contributed by atoms with Gasteiger partial charge >= 0.3 is 5.75 Å². The first-order valence-corrected chi connectivity index (χ1v) is 5.51. The molecule has 0 aromatic heterocycles. The molecular weight excluding hydrogens is 204 g/mol.